The van der Waals surface area contributed by atoms with Gasteiger partial charge in [-0.25, -0.2) is 9.38 Å². The number of nitrogens with one attached hydrogen (secondary N) is 2. The molecule has 1 aliphatic heterocycles. The molecular formula is C23H31FIN5O3. The number of nitro groups is 1. The summed E-state index contributed by atoms with van der Waals surface area (Å²) in [5.41, 5.74) is 1.79. The molecule has 1 heterocycles. The molecule has 2 aromatic rings. The molecule has 1 fully saturated rings. The number of ether oxygens (including phenoxy) is 1. The molecule has 0 atom stereocenters. The van der Waals surface area contributed by atoms with Crippen molar-refractivity contribution in [2.45, 2.75) is 38.9 Å². The lowest BCUT2D eigenvalue weighted by Crippen LogP contribution is -2.48. The third kappa shape index (κ3) is 8.11. The molecule has 33 heavy (non-hydrogen) atoms. The van der Waals surface area contributed by atoms with Gasteiger partial charge in [0.25, 0.3) is 5.69 Å². The molecule has 0 saturated carbocycles. The van der Waals surface area contributed by atoms with Crippen LogP contribution in [-0.4, -0.2) is 48.6 Å². The fourth-order valence-corrected chi connectivity index (χ4v) is 3.75. The van der Waals surface area contributed by atoms with Gasteiger partial charge in [0.1, 0.15) is 0 Å². The van der Waals surface area contributed by atoms with Crippen LogP contribution in [0.1, 0.15) is 30.9 Å². The molecule has 8 nitrogen and oxygen atoms in total. The van der Waals surface area contributed by atoms with Crippen LogP contribution < -0.4 is 15.4 Å². The zero-order chi connectivity index (χ0) is 22.9. The van der Waals surface area contributed by atoms with Gasteiger partial charge in [0.15, 0.2) is 17.5 Å². The molecule has 3 rings (SSSR count). The summed E-state index contributed by atoms with van der Waals surface area (Å²) < 4.78 is 18.9. The van der Waals surface area contributed by atoms with Crippen molar-refractivity contribution in [2.24, 2.45) is 4.99 Å². The zero-order valence-electron chi connectivity index (χ0n) is 18.9. The number of nitrogens with zero attached hydrogens (tertiary/aromatic N) is 3. The standard InChI is InChI=1S/C23H30FN5O3.HI/c1-3-25-23(26-15-17-5-4-6-20(13-17)29(30)31)27-19-9-11-28(12-10-19)16-18-7-8-22(32-2)21(24)14-18;/h4-8,13-14,19H,3,9-12,15-16H2,1-2H3,(H2,25,26,27);1H. The highest BCUT2D eigenvalue weighted by Crippen LogP contribution is 2.20. The third-order valence-corrected chi connectivity index (χ3v) is 5.44. The van der Waals surface area contributed by atoms with E-state index in [1.807, 2.05) is 19.1 Å². The first kappa shape index (κ1) is 26.8. The highest BCUT2D eigenvalue weighted by molar-refractivity contribution is 14.0. The predicted molar refractivity (Wildman–Crippen MR) is 138 cm³/mol. The Hall–Kier alpha value is -2.47. The van der Waals surface area contributed by atoms with Crippen LogP contribution in [0.5, 0.6) is 5.75 Å². The summed E-state index contributed by atoms with van der Waals surface area (Å²) >= 11 is 0. The Morgan fingerprint density at radius 2 is 2.00 bits per heavy atom. The Balaban J connectivity index is 0.00000385. The summed E-state index contributed by atoms with van der Waals surface area (Å²) in [5, 5.41) is 17.7. The van der Waals surface area contributed by atoms with Gasteiger partial charge in [-0.3, -0.25) is 15.0 Å². The maximum Gasteiger partial charge on any atom is 0.269 e. The number of halogens is 2. The first-order valence-corrected chi connectivity index (χ1v) is 10.8. The molecule has 0 radical (unpaired) electrons. The van der Waals surface area contributed by atoms with Crippen molar-refractivity contribution in [3.63, 3.8) is 0 Å². The first-order chi connectivity index (χ1) is 15.5. The molecule has 1 saturated heterocycles. The maximum absolute atomic E-state index is 13.9. The van der Waals surface area contributed by atoms with E-state index in [9.17, 15) is 14.5 Å². The number of nitro benzene ring substituents is 1. The van der Waals surface area contributed by atoms with Crippen LogP contribution in [0.25, 0.3) is 0 Å². The summed E-state index contributed by atoms with van der Waals surface area (Å²) in [6.45, 7) is 5.59. The number of hydrogen-bond acceptors (Lipinski definition) is 5. The average Bonchev–Trinajstić information content (AvgIpc) is 2.79. The number of rotatable bonds is 8. The number of likely N-dealkylation sites (tertiary alicyclic amines) is 1. The van der Waals surface area contributed by atoms with E-state index < -0.39 is 4.92 Å². The van der Waals surface area contributed by atoms with Crippen LogP contribution in [0.3, 0.4) is 0 Å². The van der Waals surface area contributed by atoms with Crippen LogP contribution in [0.4, 0.5) is 10.1 Å². The number of methoxy groups -OCH3 is 1. The normalized spacial score (nSPS) is 14.9. The summed E-state index contributed by atoms with van der Waals surface area (Å²) in [7, 11) is 1.46. The Kier molecular flexibility index (Phi) is 10.8. The van der Waals surface area contributed by atoms with Gasteiger partial charge >= 0.3 is 0 Å². The molecule has 0 bridgehead atoms. The molecule has 1 aliphatic rings. The smallest absolute Gasteiger partial charge is 0.269 e. The third-order valence-electron chi connectivity index (χ3n) is 5.44. The second kappa shape index (κ2) is 13.3. The van der Waals surface area contributed by atoms with E-state index in [-0.39, 0.29) is 47.3 Å². The van der Waals surface area contributed by atoms with Gasteiger partial charge in [0.2, 0.25) is 0 Å². The molecule has 0 aromatic heterocycles. The second-order valence-corrected chi connectivity index (χ2v) is 7.79. The van der Waals surface area contributed by atoms with Crippen molar-refractivity contribution in [3.8, 4) is 5.75 Å². The number of piperidine rings is 1. The maximum atomic E-state index is 13.9. The molecule has 0 spiro atoms. The topological polar surface area (TPSA) is 92.0 Å². The lowest BCUT2D eigenvalue weighted by atomic mass is 10.0. The largest absolute Gasteiger partial charge is 0.494 e. The van der Waals surface area contributed by atoms with Gasteiger partial charge in [-0.2, -0.15) is 0 Å². The van der Waals surface area contributed by atoms with E-state index >= 15 is 0 Å². The fourth-order valence-electron chi connectivity index (χ4n) is 3.75. The lowest BCUT2D eigenvalue weighted by Gasteiger charge is -2.33. The second-order valence-electron chi connectivity index (χ2n) is 7.79. The minimum atomic E-state index is -0.398. The van der Waals surface area contributed by atoms with Gasteiger partial charge in [0, 0.05) is 44.4 Å². The number of non-ortho nitro benzene ring substituents is 1. The van der Waals surface area contributed by atoms with Gasteiger partial charge in [-0.1, -0.05) is 18.2 Å². The Labute approximate surface area is 210 Å². The Morgan fingerprint density at radius 1 is 1.24 bits per heavy atom. The van der Waals surface area contributed by atoms with Crippen LogP contribution in [0, 0.1) is 15.9 Å². The van der Waals surface area contributed by atoms with Crippen molar-refractivity contribution in [1.29, 1.82) is 0 Å². The minimum Gasteiger partial charge on any atom is -0.494 e. The number of guanidine groups is 1. The first-order valence-electron chi connectivity index (χ1n) is 10.8. The molecule has 0 aliphatic carbocycles. The lowest BCUT2D eigenvalue weighted by molar-refractivity contribution is -0.384. The fraction of sp³-hybridized carbons (Fsp3) is 0.435. The molecular weight excluding hydrogens is 540 g/mol. The van der Waals surface area contributed by atoms with E-state index in [0.717, 1.165) is 43.6 Å². The molecule has 0 amide bonds. The Morgan fingerprint density at radius 3 is 2.64 bits per heavy atom. The summed E-state index contributed by atoms with van der Waals surface area (Å²) in [6.07, 6.45) is 1.89. The number of aliphatic imine (C=N–C) groups is 1. The summed E-state index contributed by atoms with van der Waals surface area (Å²) in [6, 6.07) is 11.9. The summed E-state index contributed by atoms with van der Waals surface area (Å²) in [5.74, 6) is 0.628. The minimum absolute atomic E-state index is 0. The molecule has 0 unspecified atom stereocenters. The quantitative estimate of drug-likeness (QED) is 0.163. The van der Waals surface area contributed by atoms with E-state index in [1.165, 1.54) is 19.2 Å². The highest BCUT2D eigenvalue weighted by Gasteiger charge is 2.20. The van der Waals surface area contributed by atoms with Crippen molar-refractivity contribution in [1.82, 2.24) is 15.5 Å². The van der Waals surface area contributed by atoms with Gasteiger partial charge < -0.3 is 15.4 Å². The van der Waals surface area contributed by atoms with Crippen LogP contribution in [0.15, 0.2) is 47.5 Å². The Bertz CT molecular complexity index is 951. The molecule has 2 aromatic carbocycles. The average molecular weight is 571 g/mol. The molecule has 2 N–H and O–H groups in total. The highest BCUT2D eigenvalue weighted by atomic mass is 127. The van der Waals surface area contributed by atoms with E-state index in [1.54, 1.807) is 18.2 Å². The monoisotopic (exact) mass is 571 g/mol. The van der Waals surface area contributed by atoms with E-state index in [4.69, 9.17) is 4.74 Å². The summed E-state index contributed by atoms with van der Waals surface area (Å²) in [4.78, 5) is 17.5. The number of benzene rings is 2. The van der Waals surface area contributed by atoms with Crippen molar-refractivity contribution >= 4 is 35.6 Å². The van der Waals surface area contributed by atoms with Crippen molar-refractivity contribution in [2.75, 3.05) is 26.7 Å². The van der Waals surface area contributed by atoms with Crippen molar-refractivity contribution in [3.05, 3.63) is 69.5 Å². The van der Waals surface area contributed by atoms with Crippen LogP contribution >= 0.6 is 24.0 Å². The molecule has 180 valence electrons. The van der Waals surface area contributed by atoms with Crippen LogP contribution in [-0.2, 0) is 13.1 Å². The van der Waals surface area contributed by atoms with Crippen LogP contribution in [0.2, 0.25) is 0 Å². The van der Waals surface area contributed by atoms with E-state index in [0.29, 0.717) is 19.0 Å². The van der Waals surface area contributed by atoms with Gasteiger partial charge in [-0.15, -0.1) is 24.0 Å². The SMILES string of the molecule is CCNC(=NCc1cccc([N+](=O)[O-])c1)NC1CCN(Cc2ccc(OC)c(F)c2)CC1.I. The van der Waals surface area contributed by atoms with Gasteiger partial charge in [0.05, 0.1) is 18.6 Å². The number of hydrogen-bond donors (Lipinski definition) is 2. The predicted octanol–water partition coefficient (Wildman–Crippen LogP) is 4.08. The van der Waals surface area contributed by atoms with Crippen molar-refractivity contribution < 1.29 is 14.1 Å². The van der Waals surface area contributed by atoms with E-state index in [2.05, 4.69) is 20.5 Å². The molecule has 10 heteroatoms. The van der Waals surface area contributed by atoms with Gasteiger partial charge in [-0.05, 0) is 43.0 Å². The zero-order valence-corrected chi connectivity index (χ0v) is 21.3.